The molecular formula is C19H22Cl2N4OS. The first-order chi connectivity index (χ1) is 12.5. The summed E-state index contributed by atoms with van der Waals surface area (Å²) in [5, 5.41) is 6.40. The van der Waals surface area contributed by atoms with E-state index in [0.29, 0.717) is 6.54 Å². The van der Waals surface area contributed by atoms with Gasteiger partial charge >= 0.3 is 0 Å². The van der Waals surface area contributed by atoms with Crippen molar-refractivity contribution in [3.63, 3.8) is 0 Å². The van der Waals surface area contributed by atoms with E-state index in [9.17, 15) is 4.79 Å². The third-order valence-corrected chi connectivity index (χ3v) is 6.43. The molecule has 1 fully saturated rings. The lowest BCUT2D eigenvalue weighted by Crippen LogP contribution is -2.42. The smallest absolute Gasteiger partial charge is 0.264 e. The molecule has 2 aromatic heterocycles. The molecule has 0 bridgehead atoms. The van der Waals surface area contributed by atoms with Gasteiger partial charge in [0.1, 0.15) is 4.83 Å². The van der Waals surface area contributed by atoms with Crippen LogP contribution in [0.3, 0.4) is 0 Å². The molecule has 0 radical (unpaired) electrons. The van der Waals surface area contributed by atoms with Crippen LogP contribution in [-0.4, -0.2) is 39.7 Å². The standard InChI is InChI=1S/C19H21ClN4OS.ClH/c1-12-15-10-17(18(25)23-8-6-14(21)7-9-23)26-19(15)24(22-12)11-13-4-2-3-5-16(13)20;/h2-5,10,14H,6-9,11,21H2,1H3;1H. The van der Waals surface area contributed by atoms with Crippen molar-refractivity contribution >= 4 is 51.5 Å². The number of aromatic nitrogens is 2. The zero-order valence-electron chi connectivity index (χ0n) is 15.0. The summed E-state index contributed by atoms with van der Waals surface area (Å²) in [5.41, 5.74) is 7.90. The van der Waals surface area contributed by atoms with Crippen LogP contribution in [0.25, 0.3) is 10.2 Å². The Bertz CT molecular complexity index is 960. The molecule has 1 aromatic carbocycles. The fraction of sp³-hybridized carbons (Fsp3) is 0.368. The number of fused-ring (bicyclic) bond motifs is 1. The van der Waals surface area contributed by atoms with Crippen molar-refractivity contribution in [2.24, 2.45) is 5.73 Å². The lowest BCUT2D eigenvalue weighted by Gasteiger charge is -2.29. The van der Waals surface area contributed by atoms with Gasteiger partial charge in [-0.25, -0.2) is 0 Å². The molecular weight excluding hydrogens is 403 g/mol. The second-order valence-corrected chi connectivity index (χ2v) is 8.23. The Morgan fingerprint density at radius 3 is 2.74 bits per heavy atom. The van der Waals surface area contributed by atoms with Crippen molar-refractivity contribution in [1.29, 1.82) is 0 Å². The van der Waals surface area contributed by atoms with E-state index in [0.717, 1.165) is 57.3 Å². The molecule has 144 valence electrons. The molecule has 2 N–H and O–H groups in total. The van der Waals surface area contributed by atoms with Gasteiger partial charge in [-0.2, -0.15) is 5.10 Å². The van der Waals surface area contributed by atoms with Crippen molar-refractivity contribution in [2.75, 3.05) is 13.1 Å². The third-order valence-electron chi connectivity index (χ3n) is 4.92. The molecule has 1 aliphatic heterocycles. The van der Waals surface area contributed by atoms with E-state index >= 15 is 0 Å². The summed E-state index contributed by atoms with van der Waals surface area (Å²) in [6, 6.07) is 9.97. The Morgan fingerprint density at radius 1 is 1.33 bits per heavy atom. The molecule has 4 rings (SSSR count). The van der Waals surface area contributed by atoms with Gasteiger partial charge < -0.3 is 10.6 Å². The highest BCUT2D eigenvalue weighted by Crippen LogP contribution is 2.31. The Balaban J connectivity index is 0.00000210. The first-order valence-electron chi connectivity index (χ1n) is 8.78. The number of likely N-dealkylation sites (tertiary alicyclic amines) is 1. The van der Waals surface area contributed by atoms with Gasteiger partial charge in [-0.3, -0.25) is 9.48 Å². The largest absolute Gasteiger partial charge is 0.338 e. The monoisotopic (exact) mass is 424 g/mol. The van der Waals surface area contributed by atoms with Crippen molar-refractivity contribution in [3.05, 3.63) is 51.5 Å². The van der Waals surface area contributed by atoms with Crippen LogP contribution in [0.4, 0.5) is 0 Å². The average molecular weight is 425 g/mol. The maximum absolute atomic E-state index is 12.9. The normalized spacial score (nSPS) is 15.1. The minimum Gasteiger partial charge on any atom is -0.338 e. The molecule has 3 aromatic rings. The van der Waals surface area contributed by atoms with Crippen LogP contribution in [0.5, 0.6) is 0 Å². The summed E-state index contributed by atoms with van der Waals surface area (Å²) in [6.45, 7) is 4.04. The average Bonchev–Trinajstić information content (AvgIpc) is 3.19. The number of benzene rings is 1. The van der Waals surface area contributed by atoms with Crippen LogP contribution in [-0.2, 0) is 6.54 Å². The maximum atomic E-state index is 12.9. The minimum absolute atomic E-state index is 0. The number of halogens is 2. The van der Waals surface area contributed by atoms with E-state index in [1.807, 2.05) is 46.8 Å². The van der Waals surface area contributed by atoms with Crippen molar-refractivity contribution < 1.29 is 4.79 Å². The van der Waals surface area contributed by atoms with Crippen molar-refractivity contribution in [2.45, 2.75) is 32.4 Å². The maximum Gasteiger partial charge on any atom is 0.264 e. The van der Waals surface area contributed by atoms with Crippen LogP contribution >= 0.6 is 35.3 Å². The predicted molar refractivity (Wildman–Crippen MR) is 113 cm³/mol. The number of hydrogen-bond acceptors (Lipinski definition) is 4. The van der Waals surface area contributed by atoms with Crippen LogP contribution in [0.2, 0.25) is 5.02 Å². The predicted octanol–water partition coefficient (Wildman–Crippen LogP) is 4.09. The molecule has 1 amide bonds. The van der Waals surface area contributed by atoms with Gasteiger partial charge in [0.2, 0.25) is 0 Å². The first kappa shape index (κ1) is 20.1. The molecule has 0 atom stereocenters. The van der Waals surface area contributed by atoms with Crippen LogP contribution in [0.15, 0.2) is 30.3 Å². The zero-order chi connectivity index (χ0) is 18.3. The number of hydrogen-bond donors (Lipinski definition) is 1. The van der Waals surface area contributed by atoms with Gasteiger partial charge in [-0.1, -0.05) is 29.8 Å². The second-order valence-electron chi connectivity index (χ2n) is 6.79. The number of nitrogens with two attached hydrogens (primary N) is 1. The highest BCUT2D eigenvalue weighted by molar-refractivity contribution is 7.20. The van der Waals surface area contributed by atoms with Gasteiger partial charge in [0.15, 0.2) is 0 Å². The Labute approximate surface area is 173 Å². The molecule has 0 aliphatic carbocycles. The lowest BCUT2D eigenvalue weighted by atomic mass is 10.1. The van der Waals surface area contributed by atoms with Gasteiger partial charge in [-0.05, 0) is 37.5 Å². The summed E-state index contributed by atoms with van der Waals surface area (Å²) < 4.78 is 1.94. The number of carbonyl (C=O) groups is 1. The third kappa shape index (κ3) is 3.99. The highest BCUT2D eigenvalue weighted by Gasteiger charge is 2.24. The van der Waals surface area contributed by atoms with Crippen molar-refractivity contribution in [3.8, 4) is 0 Å². The lowest BCUT2D eigenvalue weighted by molar-refractivity contribution is 0.0720. The second kappa shape index (κ2) is 8.19. The summed E-state index contributed by atoms with van der Waals surface area (Å²) in [6.07, 6.45) is 1.74. The summed E-state index contributed by atoms with van der Waals surface area (Å²) >= 11 is 7.80. The zero-order valence-corrected chi connectivity index (χ0v) is 17.4. The number of amides is 1. The van der Waals surface area contributed by atoms with E-state index < -0.39 is 0 Å². The van der Waals surface area contributed by atoms with Crippen LogP contribution in [0.1, 0.15) is 33.8 Å². The number of thiophene rings is 1. The molecule has 1 aliphatic rings. The number of aryl methyl sites for hydroxylation is 1. The Hall–Kier alpha value is -1.60. The number of carbonyl (C=O) groups excluding carboxylic acids is 1. The summed E-state index contributed by atoms with van der Waals surface area (Å²) in [4.78, 5) is 16.5. The van der Waals surface area contributed by atoms with Gasteiger partial charge in [0.25, 0.3) is 5.91 Å². The SMILES string of the molecule is Cc1nn(Cc2ccccc2Cl)c2sc(C(=O)N3CCC(N)CC3)cc12.Cl. The van der Waals surface area contributed by atoms with Crippen LogP contribution in [0, 0.1) is 6.92 Å². The molecule has 3 heterocycles. The van der Waals surface area contributed by atoms with Gasteiger partial charge in [0.05, 0.1) is 17.1 Å². The van der Waals surface area contributed by atoms with Gasteiger partial charge in [-0.15, -0.1) is 23.7 Å². The van der Waals surface area contributed by atoms with E-state index in [-0.39, 0.29) is 24.4 Å². The number of rotatable bonds is 3. The molecule has 0 spiro atoms. The molecule has 0 unspecified atom stereocenters. The molecule has 1 saturated heterocycles. The van der Waals surface area contributed by atoms with Crippen LogP contribution < -0.4 is 5.73 Å². The molecule has 8 heteroatoms. The van der Waals surface area contributed by atoms with E-state index in [1.54, 1.807) is 0 Å². The highest BCUT2D eigenvalue weighted by atomic mass is 35.5. The quantitative estimate of drug-likeness (QED) is 0.688. The fourth-order valence-corrected chi connectivity index (χ4v) is 4.70. The van der Waals surface area contributed by atoms with Crippen molar-refractivity contribution in [1.82, 2.24) is 14.7 Å². The molecule has 0 saturated carbocycles. The van der Waals surface area contributed by atoms with E-state index in [4.69, 9.17) is 17.3 Å². The Kier molecular flexibility index (Phi) is 6.11. The van der Waals surface area contributed by atoms with Gasteiger partial charge in [0, 0.05) is 29.5 Å². The van der Waals surface area contributed by atoms with E-state index in [2.05, 4.69) is 5.10 Å². The first-order valence-corrected chi connectivity index (χ1v) is 9.97. The minimum atomic E-state index is 0. The molecule has 27 heavy (non-hydrogen) atoms. The molecule has 5 nitrogen and oxygen atoms in total. The Morgan fingerprint density at radius 2 is 2.04 bits per heavy atom. The van der Waals surface area contributed by atoms with E-state index in [1.165, 1.54) is 11.3 Å². The number of nitrogens with zero attached hydrogens (tertiary/aromatic N) is 3. The topological polar surface area (TPSA) is 64.2 Å². The number of piperidine rings is 1. The summed E-state index contributed by atoms with van der Waals surface area (Å²) in [5.74, 6) is 0.0989. The fourth-order valence-electron chi connectivity index (χ4n) is 3.37. The summed E-state index contributed by atoms with van der Waals surface area (Å²) in [7, 11) is 0.